The third kappa shape index (κ3) is 11.1. The van der Waals surface area contributed by atoms with Crippen LogP contribution in [0.4, 0.5) is 0 Å². The van der Waals surface area contributed by atoms with Gasteiger partial charge in [0.1, 0.15) is 91.1 Å². The van der Waals surface area contributed by atoms with Crippen molar-refractivity contribution in [2.45, 2.75) is 32.7 Å². The maximum Gasteiger partial charge on any atom is 0.647 e. The Morgan fingerprint density at radius 1 is 0.369 bits per heavy atom. The number of fused-ring (bicyclic) bond motifs is 5. The van der Waals surface area contributed by atoms with Gasteiger partial charge in [0.25, 0.3) is 0 Å². The van der Waals surface area contributed by atoms with Crippen LogP contribution in [0.1, 0.15) is 27.8 Å². The predicted octanol–water partition coefficient (Wildman–Crippen LogP) is 8.21. The summed E-state index contributed by atoms with van der Waals surface area (Å²) in [5.74, 6) is 6.02. The second-order valence-corrected chi connectivity index (χ2v) is 20.3. The monoisotopic (exact) mass is 929 g/mol. The van der Waals surface area contributed by atoms with Crippen LogP contribution in [0.15, 0.2) is 91.0 Å². The summed E-state index contributed by atoms with van der Waals surface area (Å²) in [4.78, 5) is 10.2. The van der Waals surface area contributed by atoms with Crippen LogP contribution in [0.3, 0.4) is 0 Å². The van der Waals surface area contributed by atoms with Crippen LogP contribution in [0.25, 0.3) is 0 Å². The van der Waals surface area contributed by atoms with E-state index in [1.54, 1.807) is 66.7 Å². The molecule has 19 heteroatoms. The smallest absolute Gasteiger partial charge is 0.478 e. The van der Waals surface area contributed by atoms with Gasteiger partial charge >= 0.3 is 15.4 Å². The molecule has 0 aliphatic carbocycles. The van der Waals surface area contributed by atoms with Crippen LogP contribution in [0.5, 0.6) is 57.5 Å². The first-order chi connectivity index (χ1) is 31.2. The quantitative estimate of drug-likeness (QED) is 0.124. The minimum absolute atomic E-state index is 0.355. The first kappa shape index (κ1) is 44.6. The Hall–Kier alpha value is -5.64. The zero-order valence-electron chi connectivity index (χ0n) is 37.3. The number of nitrogens with zero attached hydrogens (tertiary/aromatic N) is 5. The number of hydrogen-bond acceptors (Lipinski definition) is 17. The first-order valence-corrected chi connectivity index (χ1v) is 24.5. The van der Waals surface area contributed by atoms with Crippen LogP contribution >= 0.6 is 15.4 Å². The van der Waals surface area contributed by atoms with E-state index in [-0.39, 0.29) is 0 Å². The van der Waals surface area contributed by atoms with E-state index in [1.807, 2.05) is 84.0 Å². The molecule has 5 aromatic rings. The molecular formula is C46H53N5O12P2. The molecule has 0 fully saturated rings. The van der Waals surface area contributed by atoms with Gasteiger partial charge in [-0.3, -0.25) is 24.5 Å². The third-order valence-corrected chi connectivity index (χ3v) is 13.1. The molecule has 0 bridgehead atoms. The SMILES string of the molecule is CN1COc2ccc(OP(=O)(Oc3ccc4c(c3)CN(C)CO4)Oc3ccc4c(c3)CN(C)CO4)cc2C1.CN1COc2ccc(OP(C)(=O)Oc3ccc4c(c3)CN(C)CO4)cc2C1. The number of ether oxygens (including phenoxy) is 5. The first-order valence-electron chi connectivity index (χ1n) is 21.1. The van der Waals surface area contributed by atoms with E-state index in [0.29, 0.717) is 82.0 Å². The van der Waals surface area contributed by atoms with Crippen molar-refractivity contribution in [3.8, 4) is 57.5 Å². The van der Waals surface area contributed by atoms with E-state index in [4.69, 9.17) is 46.3 Å². The van der Waals surface area contributed by atoms with Crippen LogP contribution in [0, 0.1) is 0 Å². The van der Waals surface area contributed by atoms with Crippen LogP contribution < -0.4 is 46.3 Å². The lowest BCUT2D eigenvalue weighted by atomic mass is 10.1. The van der Waals surface area contributed by atoms with Crippen molar-refractivity contribution >= 4 is 15.4 Å². The highest BCUT2D eigenvalue weighted by molar-refractivity contribution is 7.53. The van der Waals surface area contributed by atoms with Gasteiger partial charge in [-0.1, -0.05) is 0 Å². The summed E-state index contributed by atoms with van der Waals surface area (Å²) in [6.07, 6.45) is 0. The molecule has 5 heterocycles. The molecule has 344 valence electrons. The van der Waals surface area contributed by atoms with Gasteiger partial charge in [0.2, 0.25) is 0 Å². The van der Waals surface area contributed by atoms with Gasteiger partial charge in [-0.15, -0.1) is 0 Å². The van der Waals surface area contributed by atoms with E-state index < -0.39 is 15.4 Å². The molecular weight excluding hydrogens is 876 g/mol. The Morgan fingerprint density at radius 2 is 0.585 bits per heavy atom. The normalized spacial score (nSPS) is 17.5. The molecule has 10 rings (SSSR count). The molecule has 17 nitrogen and oxygen atoms in total. The van der Waals surface area contributed by atoms with Crippen LogP contribution in [0.2, 0.25) is 0 Å². The molecule has 0 radical (unpaired) electrons. The summed E-state index contributed by atoms with van der Waals surface area (Å²) in [6, 6.07) is 26.8. The van der Waals surface area contributed by atoms with Crippen molar-refractivity contribution in [3.05, 3.63) is 119 Å². The molecule has 65 heavy (non-hydrogen) atoms. The molecule has 5 aliphatic rings. The Morgan fingerprint density at radius 3 is 0.815 bits per heavy atom. The number of phosphoric ester groups is 1. The average molecular weight is 930 g/mol. The highest BCUT2D eigenvalue weighted by Crippen LogP contribution is 2.52. The molecule has 5 aliphatic heterocycles. The van der Waals surface area contributed by atoms with Gasteiger partial charge in [0, 0.05) is 60.5 Å². The van der Waals surface area contributed by atoms with E-state index in [9.17, 15) is 9.13 Å². The topological polar surface area (TPSA) is 143 Å². The molecule has 0 unspecified atom stereocenters. The lowest BCUT2D eigenvalue weighted by molar-refractivity contribution is 0.121. The lowest BCUT2D eigenvalue weighted by Gasteiger charge is -2.27. The van der Waals surface area contributed by atoms with E-state index >= 15 is 0 Å². The van der Waals surface area contributed by atoms with Crippen molar-refractivity contribution in [1.29, 1.82) is 0 Å². The van der Waals surface area contributed by atoms with Crippen LogP contribution in [-0.2, 0) is 41.9 Å². The zero-order chi connectivity index (χ0) is 45.3. The molecule has 5 aromatic carbocycles. The molecule has 0 amide bonds. The second-order valence-electron chi connectivity index (χ2n) is 17.0. The summed E-state index contributed by atoms with van der Waals surface area (Å²) in [7, 11) is 2.28. The summed E-state index contributed by atoms with van der Waals surface area (Å²) in [5.41, 5.74) is 4.76. The predicted molar refractivity (Wildman–Crippen MR) is 241 cm³/mol. The Balaban J connectivity index is 0.000000174. The largest absolute Gasteiger partial charge is 0.647 e. The van der Waals surface area contributed by atoms with Crippen molar-refractivity contribution < 1.29 is 55.4 Å². The maximum atomic E-state index is 14.2. The Bertz CT molecular complexity index is 2420. The summed E-state index contributed by atoms with van der Waals surface area (Å²) >= 11 is 0. The second kappa shape index (κ2) is 18.7. The minimum Gasteiger partial charge on any atom is -0.478 e. The van der Waals surface area contributed by atoms with Gasteiger partial charge in [0.15, 0.2) is 0 Å². The fourth-order valence-corrected chi connectivity index (χ4v) is 10.1. The van der Waals surface area contributed by atoms with E-state index in [2.05, 4.69) is 0 Å². The Labute approximate surface area is 378 Å². The lowest BCUT2D eigenvalue weighted by Crippen LogP contribution is -2.28. The molecule has 0 N–H and O–H groups in total. The fourth-order valence-electron chi connectivity index (χ4n) is 7.81. The van der Waals surface area contributed by atoms with Crippen LogP contribution in [-0.4, -0.2) is 100 Å². The Kier molecular flexibility index (Phi) is 12.8. The van der Waals surface area contributed by atoms with Crippen molar-refractivity contribution in [1.82, 2.24) is 24.5 Å². The van der Waals surface area contributed by atoms with E-state index in [0.717, 1.165) is 69.7 Å². The van der Waals surface area contributed by atoms with Gasteiger partial charge in [-0.05, 0) is 126 Å². The highest BCUT2D eigenvalue weighted by atomic mass is 31.2. The standard InChI is InChI=1S/C27H30N3O7P.C19H23N2O5P/c1-28-13-19-10-22(4-7-25(19)32-16-28)35-38(31,36-23-5-8-26-20(11-23)14-29(2)17-33-26)37-24-6-9-27-21(12-24)15-30(3)18-34-27;1-20-10-14-8-16(4-6-18(14)23-12-20)25-27(3,22)26-17-5-7-19-15(9-17)11-21(2)13-24-19/h4-12H,13-18H2,1-3H3;4-9H,10-13H2,1-3H3. The number of rotatable bonds is 10. The fraction of sp³-hybridized carbons (Fsp3) is 0.348. The van der Waals surface area contributed by atoms with Crippen molar-refractivity contribution in [2.75, 3.05) is 75.6 Å². The molecule has 0 saturated heterocycles. The average Bonchev–Trinajstić information content (AvgIpc) is 3.25. The van der Waals surface area contributed by atoms with Gasteiger partial charge in [-0.2, -0.15) is 4.57 Å². The summed E-state index contributed by atoms with van der Waals surface area (Å²) < 4.78 is 85.0. The maximum absolute atomic E-state index is 14.2. The number of hydrogen-bond donors (Lipinski definition) is 0. The molecule has 0 saturated carbocycles. The molecule has 0 atom stereocenters. The van der Waals surface area contributed by atoms with Crippen molar-refractivity contribution in [2.24, 2.45) is 0 Å². The van der Waals surface area contributed by atoms with Gasteiger partial charge < -0.3 is 46.3 Å². The third-order valence-electron chi connectivity index (χ3n) is 10.8. The highest BCUT2D eigenvalue weighted by Gasteiger charge is 2.35. The van der Waals surface area contributed by atoms with E-state index in [1.165, 1.54) is 6.66 Å². The number of phosphoric acid groups is 1. The van der Waals surface area contributed by atoms with Gasteiger partial charge in [0.05, 0.1) is 6.66 Å². The summed E-state index contributed by atoms with van der Waals surface area (Å²) in [5, 5.41) is 0. The molecule has 0 spiro atoms. The molecule has 0 aromatic heterocycles. The van der Waals surface area contributed by atoms with Crippen molar-refractivity contribution in [3.63, 3.8) is 0 Å². The van der Waals surface area contributed by atoms with Gasteiger partial charge in [-0.25, -0.2) is 4.57 Å². The number of benzene rings is 5. The minimum atomic E-state index is -4.20. The zero-order valence-corrected chi connectivity index (χ0v) is 39.0. The summed E-state index contributed by atoms with van der Waals surface area (Å²) in [6.45, 7) is 7.63.